The number of hydrogen-bond acceptors (Lipinski definition) is 3. The van der Waals surface area contributed by atoms with Crippen LogP contribution in [0.2, 0.25) is 0 Å². The van der Waals surface area contributed by atoms with Crippen LogP contribution in [0.25, 0.3) is 0 Å². The molecular weight excluding hydrogens is 290 g/mol. The van der Waals surface area contributed by atoms with Crippen molar-refractivity contribution in [2.45, 2.75) is 32.7 Å². The first-order valence-electron chi connectivity index (χ1n) is 5.13. The van der Waals surface area contributed by atoms with Gasteiger partial charge in [0.25, 0.3) is 0 Å². The van der Waals surface area contributed by atoms with Crippen molar-refractivity contribution in [3.8, 4) is 0 Å². The molecule has 0 aliphatic heterocycles. The smallest absolute Gasteiger partial charge is 0.303 e. The van der Waals surface area contributed by atoms with Gasteiger partial charge < -0.3 is 10.8 Å². The molecule has 1 rings (SSSR count). The summed E-state index contributed by atoms with van der Waals surface area (Å²) in [5.74, 6) is -0.664. The zero-order valence-electron chi connectivity index (χ0n) is 9.37. The second-order valence-electron chi connectivity index (χ2n) is 4.11. The zero-order chi connectivity index (χ0) is 12.3. The van der Waals surface area contributed by atoms with Gasteiger partial charge in [-0.25, -0.2) is 0 Å². The van der Waals surface area contributed by atoms with Gasteiger partial charge in [-0.1, -0.05) is 6.92 Å². The van der Waals surface area contributed by atoms with E-state index in [2.05, 4.69) is 15.9 Å². The maximum atomic E-state index is 10.6. The van der Waals surface area contributed by atoms with Crippen molar-refractivity contribution in [3.63, 3.8) is 0 Å². The first-order chi connectivity index (χ1) is 7.40. The maximum absolute atomic E-state index is 10.6. The van der Waals surface area contributed by atoms with E-state index in [0.29, 0.717) is 6.42 Å². The number of rotatable bonds is 5. The fourth-order valence-corrected chi connectivity index (χ4v) is 3.64. The molecule has 0 aliphatic rings. The van der Waals surface area contributed by atoms with Crippen molar-refractivity contribution in [2.24, 2.45) is 11.7 Å². The van der Waals surface area contributed by atoms with Gasteiger partial charge in [-0.3, -0.25) is 4.79 Å². The Kier molecular flexibility index (Phi) is 4.95. The number of carboxylic acid groups (broad SMARTS) is 1. The van der Waals surface area contributed by atoms with Gasteiger partial charge in [-0.15, -0.1) is 11.3 Å². The van der Waals surface area contributed by atoms with E-state index in [1.807, 2.05) is 19.9 Å². The van der Waals surface area contributed by atoms with E-state index in [-0.39, 0.29) is 18.4 Å². The fourth-order valence-electron chi connectivity index (χ4n) is 1.68. The summed E-state index contributed by atoms with van der Waals surface area (Å²) >= 11 is 5.14. The molecule has 5 heteroatoms. The van der Waals surface area contributed by atoms with Crippen molar-refractivity contribution in [1.29, 1.82) is 0 Å². The number of thiophene rings is 1. The highest BCUT2D eigenvalue weighted by Crippen LogP contribution is 2.34. The molecule has 1 aromatic heterocycles. The Hall–Kier alpha value is -0.390. The summed E-state index contributed by atoms with van der Waals surface area (Å²) in [4.78, 5) is 12.9. The van der Waals surface area contributed by atoms with E-state index in [9.17, 15) is 4.79 Å². The molecule has 0 spiro atoms. The lowest BCUT2D eigenvalue weighted by molar-refractivity contribution is -0.138. The quantitative estimate of drug-likeness (QED) is 0.877. The number of carbonyl (C=O) groups is 1. The van der Waals surface area contributed by atoms with E-state index in [0.717, 1.165) is 9.35 Å². The molecule has 0 saturated carbocycles. The Morgan fingerprint density at radius 1 is 1.69 bits per heavy atom. The number of aliphatic carboxylic acids is 1. The Morgan fingerprint density at radius 2 is 2.31 bits per heavy atom. The van der Waals surface area contributed by atoms with Crippen molar-refractivity contribution in [2.75, 3.05) is 0 Å². The lowest BCUT2D eigenvalue weighted by Gasteiger charge is -2.15. The van der Waals surface area contributed by atoms with Crippen molar-refractivity contribution >= 4 is 33.2 Å². The van der Waals surface area contributed by atoms with Crippen LogP contribution in [0.5, 0.6) is 0 Å². The molecule has 2 atom stereocenters. The normalized spacial score (nSPS) is 14.8. The van der Waals surface area contributed by atoms with Crippen LogP contribution < -0.4 is 5.73 Å². The summed E-state index contributed by atoms with van der Waals surface area (Å²) in [6.45, 7) is 3.95. The Bertz CT molecular complexity index is 378. The monoisotopic (exact) mass is 305 g/mol. The summed E-state index contributed by atoms with van der Waals surface area (Å²) in [6, 6.07) is 1.96. The van der Waals surface area contributed by atoms with Gasteiger partial charge in [0, 0.05) is 26.7 Å². The Balaban J connectivity index is 2.61. The minimum atomic E-state index is -0.763. The van der Waals surface area contributed by atoms with E-state index in [4.69, 9.17) is 10.8 Å². The first kappa shape index (κ1) is 13.7. The molecule has 0 aromatic carbocycles. The SMILES string of the molecule is Cc1cc(Br)c(C(N)CC(C)CC(=O)O)s1. The predicted octanol–water partition coefficient (Wildman–Crippen LogP) is 3.32. The second kappa shape index (κ2) is 5.80. The third kappa shape index (κ3) is 3.88. The summed E-state index contributed by atoms with van der Waals surface area (Å²) in [5.41, 5.74) is 6.07. The molecule has 90 valence electrons. The van der Waals surface area contributed by atoms with Crippen molar-refractivity contribution < 1.29 is 9.90 Å². The fraction of sp³-hybridized carbons (Fsp3) is 0.545. The minimum Gasteiger partial charge on any atom is -0.481 e. The molecule has 0 bridgehead atoms. The topological polar surface area (TPSA) is 63.3 Å². The van der Waals surface area contributed by atoms with Crippen LogP contribution >= 0.6 is 27.3 Å². The van der Waals surface area contributed by atoms with Crippen LogP contribution in [-0.2, 0) is 4.79 Å². The lowest BCUT2D eigenvalue weighted by atomic mass is 9.98. The molecule has 0 aliphatic carbocycles. The van der Waals surface area contributed by atoms with Crippen LogP contribution in [0, 0.1) is 12.8 Å². The Morgan fingerprint density at radius 3 is 2.75 bits per heavy atom. The molecule has 0 saturated heterocycles. The first-order valence-corrected chi connectivity index (χ1v) is 6.74. The van der Waals surface area contributed by atoms with Gasteiger partial charge in [0.15, 0.2) is 0 Å². The van der Waals surface area contributed by atoms with Gasteiger partial charge in [-0.05, 0) is 41.3 Å². The highest BCUT2D eigenvalue weighted by atomic mass is 79.9. The predicted molar refractivity (Wildman–Crippen MR) is 69.7 cm³/mol. The zero-order valence-corrected chi connectivity index (χ0v) is 11.8. The second-order valence-corrected chi connectivity index (χ2v) is 6.26. The highest BCUT2D eigenvalue weighted by Gasteiger charge is 2.17. The van der Waals surface area contributed by atoms with Crippen LogP contribution in [0.15, 0.2) is 10.5 Å². The average Bonchev–Trinajstić information content (AvgIpc) is 2.43. The molecule has 3 N–H and O–H groups in total. The average molecular weight is 306 g/mol. The summed E-state index contributed by atoms with van der Waals surface area (Å²) < 4.78 is 1.03. The van der Waals surface area contributed by atoms with Crippen molar-refractivity contribution in [1.82, 2.24) is 0 Å². The van der Waals surface area contributed by atoms with Gasteiger partial charge in [-0.2, -0.15) is 0 Å². The van der Waals surface area contributed by atoms with Crippen molar-refractivity contribution in [3.05, 3.63) is 20.3 Å². The van der Waals surface area contributed by atoms with Gasteiger partial charge in [0.1, 0.15) is 0 Å². The highest BCUT2D eigenvalue weighted by molar-refractivity contribution is 9.10. The number of halogens is 1. The number of carboxylic acids is 1. The standard InChI is InChI=1S/C11H16BrNO2S/c1-6(4-10(14)15)3-9(13)11-8(12)5-7(2)16-11/h5-6,9H,3-4,13H2,1-2H3,(H,14,15). The molecule has 0 fully saturated rings. The number of hydrogen-bond donors (Lipinski definition) is 2. The maximum Gasteiger partial charge on any atom is 0.303 e. The lowest BCUT2D eigenvalue weighted by Crippen LogP contribution is -2.15. The van der Waals surface area contributed by atoms with Crippen LogP contribution in [-0.4, -0.2) is 11.1 Å². The molecule has 1 heterocycles. The third-order valence-electron chi connectivity index (χ3n) is 2.35. The number of nitrogens with two attached hydrogens (primary N) is 1. The van der Waals surface area contributed by atoms with Gasteiger partial charge >= 0.3 is 5.97 Å². The molecule has 2 unspecified atom stereocenters. The minimum absolute atomic E-state index is 0.0811. The molecule has 0 radical (unpaired) electrons. The van der Waals surface area contributed by atoms with Crippen LogP contribution in [0.1, 0.15) is 35.6 Å². The van der Waals surface area contributed by atoms with Gasteiger partial charge in [0.05, 0.1) is 0 Å². The van der Waals surface area contributed by atoms with E-state index >= 15 is 0 Å². The summed E-state index contributed by atoms with van der Waals surface area (Å²) in [5, 5.41) is 8.68. The molecule has 0 amide bonds. The third-order valence-corrected chi connectivity index (χ3v) is 4.45. The van der Waals surface area contributed by atoms with E-state index in [1.54, 1.807) is 11.3 Å². The molecule has 3 nitrogen and oxygen atoms in total. The summed E-state index contributed by atoms with van der Waals surface area (Å²) in [6.07, 6.45) is 0.876. The molecule has 1 aromatic rings. The largest absolute Gasteiger partial charge is 0.481 e. The molecule has 16 heavy (non-hydrogen) atoms. The number of aryl methyl sites for hydroxylation is 1. The van der Waals surface area contributed by atoms with E-state index in [1.165, 1.54) is 4.88 Å². The Labute approximate surface area is 108 Å². The summed E-state index contributed by atoms with van der Waals surface area (Å²) in [7, 11) is 0. The van der Waals surface area contributed by atoms with Crippen LogP contribution in [0.3, 0.4) is 0 Å². The van der Waals surface area contributed by atoms with E-state index < -0.39 is 5.97 Å². The van der Waals surface area contributed by atoms with Gasteiger partial charge in [0.2, 0.25) is 0 Å². The molecular formula is C11H16BrNO2S. The van der Waals surface area contributed by atoms with Crippen LogP contribution in [0.4, 0.5) is 0 Å².